The lowest BCUT2D eigenvalue weighted by Gasteiger charge is -2.29. The van der Waals surface area contributed by atoms with Gasteiger partial charge < -0.3 is 15.7 Å². The third-order valence-corrected chi connectivity index (χ3v) is 2.63. The fraction of sp³-hybridized carbons (Fsp3) is 0.455. The molecule has 0 aliphatic heterocycles. The van der Waals surface area contributed by atoms with Crippen LogP contribution >= 0.6 is 11.6 Å². The van der Waals surface area contributed by atoms with Crippen molar-refractivity contribution in [2.75, 3.05) is 23.8 Å². The van der Waals surface area contributed by atoms with Gasteiger partial charge in [0, 0.05) is 12.6 Å². The van der Waals surface area contributed by atoms with Crippen molar-refractivity contribution < 1.29 is 5.11 Å². The van der Waals surface area contributed by atoms with Crippen molar-refractivity contribution in [2.24, 2.45) is 0 Å². The summed E-state index contributed by atoms with van der Waals surface area (Å²) in [5.41, 5.74) is 7.35. The zero-order valence-electron chi connectivity index (χ0n) is 9.07. The summed E-state index contributed by atoms with van der Waals surface area (Å²) < 4.78 is 0. The highest BCUT2D eigenvalue weighted by Crippen LogP contribution is 2.30. The molecule has 0 radical (unpaired) electrons. The van der Waals surface area contributed by atoms with Crippen LogP contribution in [-0.4, -0.2) is 24.3 Å². The van der Waals surface area contributed by atoms with Crippen molar-refractivity contribution in [3.63, 3.8) is 0 Å². The van der Waals surface area contributed by atoms with Gasteiger partial charge in [0.15, 0.2) is 0 Å². The van der Waals surface area contributed by atoms with Crippen LogP contribution < -0.4 is 10.6 Å². The maximum absolute atomic E-state index is 8.99. The number of hydrogen-bond donors (Lipinski definition) is 2. The van der Waals surface area contributed by atoms with Crippen LogP contribution in [0.5, 0.6) is 0 Å². The zero-order chi connectivity index (χ0) is 11.4. The SMILES string of the molecule is CC(C)N(CCO)c1cccc(Cl)c1N. The van der Waals surface area contributed by atoms with Gasteiger partial charge in [0.2, 0.25) is 0 Å². The minimum absolute atomic E-state index is 0.101. The maximum atomic E-state index is 8.99. The molecular weight excluding hydrogens is 212 g/mol. The molecule has 3 N–H and O–H groups in total. The second kappa shape index (κ2) is 5.24. The Morgan fingerprint density at radius 2 is 2.13 bits per heavy atom. The van der Waals surface area contributed by atoms with Gasteiger partial charge in [-0.25, -0.2) is 0 Å². The number of halogens is 1. The molecule has 3 nitrogen and oxygen atoms in total. The first-order valence-electron chi connectivity index (χ1n) is 4.99. The van der Waals surface area contributed by atoms with E-state index < -0.39 is 0 Å². The fourth-order valence-corrected chi connectivity index (χ4v) is 1.71. The van der Waals surface area contributed by atoms with Crippen LogP contribution in [0.15, 0.2) is 18.2 Å². The van der Waals surface area contributed by atoms with Gasteiger partial charge in [0.05, 0.1) is 23.0 Å². The molecule has 0 bridgehead atoms. The molecule has 0 unspecified atom stereocenters. The monoisotopic (exact) mass is 228 g/mol. The van der Waals surface area contributed by atoms with Gasteiger partial charge in [-0.2, -0.15) is 0 Å². The largest absolute Gasteiger partial charge is 0.396 e. The van der Waals surface area contributed by atoms with Crippen molar-refractivity contribution >= 4 is 23.0 Å². The van der Waals surface area contributed by atoms with Crippen LogP contribution in [0.25, 0.3) is 0 Å². The Labute approximate surface area is 95.5 Å². The van der Waals surface area contributed by atoms with Gasteiger partial charge in [-0.05, 0) is 26.0 Å². The van der Waals surface area contributed by atoms with Gasteiger partial charge in [0.25, 0.3) is 0 Å². The van der Waals surface area contributed by atoms with Gasteiger partial charge >= 0.3 is 0 Å². The number of para-hydroxylation sites is 1. The Morgan fingerprint density at radius 3 is 2.67 bits per heavy atom. The van der Waals surface area contributed by atoms with Crippen LogP contribution in [0, 0.1) is 0 Å². The van der Waals surface area contributed by atoms with E-state index in [4.69, 9.17) is 22.4 Å². The molecular formula is C11H17ClN2O. The lowest BCUT2D eigenvalue weighted by atomic mass is 10.2. The van der Waals surface area contributed by atoms with E-state index in [0.29, 0.717) is 17.3 Å². The number of nitrogen functional groups attached to an aromatic ring is 1. The average molecular weight is 229 g/mol. The first-order chi connectivity index (χ1) is 7.07. The van der Waals surface area contributed by atoms with Crippen LogP contribution in [0.1, 0.15) is 13.8 Å². The van der Waals surface area contributed by atoms with Crippen molar-refractivity contribution in [3.8, 4) is 0 Å². The molecule has 1 aromatic rings. The molecule has 1 rings (SSSR count). The van der Waals surface area contributed by atoms with Gasteiger partial charge in [-0.15, -0.1) is 0 Å². The normalized spacial score (nSPS) is 10.7. The number of anilines is 2. The van der Waals surface area contributed by atoms with Crippen LogP contribution in [-0.2, 0) is 0 Å². The van der Waals surface area contributed by atoms with E-state index in [1.165, 1.54) is 0 Å². The second-order valence-corrected chi connectivity index (χ2v) is 4.09. The van der Waals surface area contributed by atoms with Crippen molar-refractivity contribution in [1.82, 2.24) is 0 Å². The second-order valence-electron chi connectivity index (χ2n) is 3.68. The fourth-order valence-electron chi connectivity index (χ4n) is 1.54. The molecule has 0 aliphatic carbocycles. The molecule has 15 heavy (non-hydrogen) atoms. The first kappa shape index (κ1) is 12.1. The molecule has 0 aliphatic rings. The number of rotatable bonds is 4. The van der Waals surface area contributed by atoms with Crippen molar-refractivity contribution in [2.45, 2.75) is 19.9 Å². The maximum Gasteiger partial charge on any atom is 0.0741 e. The lowest BCUT2D eigenvalue weighted by Crippen LogP contribution is -2.34. The standard InChI is InChI=1S/C11H17ClN2O/c1-8(2)14(6-7-15)10-5-3-4-9(12)11(10)13/h3-5,8,15H,6-7,13H2,1-2H3. The summed E-state index contributed by atoms with van der Waals surface area (Å²) in [6.07, 6.45) is 0. The lowest BCUT2D eigenvalue weighted by molar-refractivity contribution is 0.299. The molecule has 0 atom stereocenters. The summed E-state index contributed by atoms with van der Waals surface area (Å²) in [6, 6.07) is 5.81. The molecule has 0 aromatic heterocycles. The van der Waals surface area contributed by atoms with Crippen molar-refractivity contribution in [1.29, 1.82) is 0 Å². The molecule has 1 aromatic carbocycles. The molecule has 0 saturated carbocycles. The number of hydrogen-bond acceptors (Lipinski definition) is 3. The van der Waals surface area contributed by atoms with Gasteiger partial charge in [0.1, 0.15) is 0 Å². The number of nitrogens with two attached hydrogens (primary N) is 1. The highest BCUT2D eigenvalue weighted by Gasteiger charge is 2.13. The summed E-state index contributed by atoms with van der Waals surface area (Å²) in [7, 11) is 0. The van der Waals surface area contributed by atoms with E-state index in [9.17, 15) is 0 Å². The van der Waals surface area contributed by atoms with E-state index in [0.717, 1.165) is 5.69 Å². The third kappa shape index (κ3) is 2.76. The predicted molar refractivity (Wildman–Crippen MR) is 65.4 cm³/mol. The summed E-state index contributed by atoms with van der Waals surface area (Å²) in [4.78, 5) is 2.03. The molecule has 84 valence electrons. The van der Waals surface area contributed by atoms with E-state index in [2.05, 4.69) is 13.8 Å². The van der Waals surface area contributed by atoms with E-state index >= 15 is 0 Å². The Morgan fingerprint density at radius 1 is 1.47 bits per heavy atom. The van der Waals surface area contributed by atoms with Gasteiger partial charge in [-0.1, -0.05) is 17.7 Å². The van der Waals surface area contributed by atoms with Crippen LogP contribution in [0.2, 0.25) is 5.02 Å². The molecule has 0 heterocycles. The van der Waals surface area contributed by atoms with E-state index in [-0.39, 0.29) is 12.6 Å². The molecule has 4 heteroatoms. The molecule has 0 spiro atoms. The summed E-state index contributed by atoms with van der Waals surface area (Å²) >= 11 is 5.95. The first-order valence-corrected chi connectivity index (χ1v) is 5.37. The third-order valence-electron chi connectivity index (χ3n) is 2.30. The Bertz CT molecular complexity index is 328. The predicted octanol–water partition coefficient (Wildman–Crippen LogP) is 2.13. The number of nitrogens with zero attached hydrogens (tertiary/aromatic N) is 1. The number of aliphatic hydroxyl groups is 1. The summed E-state index contributed by atoms with van der Waals surface area (Å²) in [5.74, 6) is 0. The highest BCUT2D eigenvalue weighted by molar-refractivity contribution is 6.33. The smallest absolute Gasteiger partial charge is 0.0741 e. The number of aliphatic hydroxyl groups excluding tert-OH is 1. The highest BCUT2D eigenvalue weighted by atomic mass is 35.5. The minimum Gasteiger partial charge on any atom is -0.396 e. The average Bonchev–Trinajstić information content (AvgIpc) is 2.19. The summed E-state index contributed by atoms with van der Waals surface area (Å²) in [6.45, 7) is 4.76. The van der Waals surface area contributed by atoms with Gasteiger partial charge in [-0.3, -0.25) is 0 Å². The Hall–Kier alpha value is -0.930. The topological polar surface area (TPSA) is 49.5 Å². The van der Waals surface area contributed by atoms with Crippen LogP contribution in [0.4, 0.5) is 11.4 Å². The minimum atomic E-state index is 0.101. The molecule has 0 amide bonds. The number of benzene rings is 1. The Kier molecular flexibility index (Phi) is 4.24. The zero-order valence-corrected chi connectivity index (χ0v) is 9.83. The van der Waals surface area contributed by atoms with E-state index in [1.54, 1.807) is 6.07 Å². The molecule has 0 saturated heterocycles. The quantitative estimate of drug-likeness (QED) is 0.777. The van der Waals surface area contributed by atoms with E-state index in [1.807, 2.05) is 17.0 Å². The summed E-state index contributed by atoms with van der Waals surface area (Å²) in [5, 5.41) is 9.54. The van der Waals surface area contributed by atoms with Crippen LogP contribution in [0.3, 0.4) is 0 Å². The Balaban J connectivity index is 3.05. The van der Waals surface area contributed by atoms with Crippen molar-refractivity contribution in [3.05, 3.63) is 23.2 Å². The molecule has 0 fully saturated rings.